The Labute approximate surface area is 212 Å². The number of rotatable bonds is 9. The predicted octanol–water partition coefficient (Wildman–Crippen LogP) is 4.26. The van der Waals surface area contributed by atoms with Crippen molar-refractivity contribution in [3.8, 4) is 5.69 Å². The van der Waals surface area contributed by atoms with E-state index in [0.717, 1.165) is 55.5 Å². The first-order valence-electron chi connectivity index (χ1n) is 12.2. The highest BCUT2D eigenvalue weighted by Crippen LogP contribution is 2.30. The maximum Gasteiger partial charge on any atom is 0.254 e. The van der Waals surface area contributed by atoms with Crippen LogP contribution in [0.2, 0.25) is 5.02 Å². The number of carbonyl (C=O) groups is 1. The number of aromatic nitrogens is 2. The molecule has 0 unspecified atom stereocenters. The van der Waals surface area contributed by atoms with Gasteiger partial charge in [-0.25, -0.2) is 4.68 Å². The minimum absolute atomic E-state index is 0.0488. The van der Waals surface area contributed by atoms with Crippen molar-refractivity contribution in [2.75, 3.05) is 57.9 Å². The lowest BCUT2D eigenvalue weighted by Gasteiger charge is -2.36. The number of methoxy groups -OCH3 is 1. The minimum atomic E-state index is -0.0488. The van der Waals surface area contributed by atoms with E-state index in [4.69, 9.17) is 21.4 Å². The van der Waals surface area contributed by atoms with E-state index in [1.807, 2.05) is 34.7 Å². The summed E-state index contributed by atoms with van der Waals surface area (Å²) < 4.78 is 7.37. The molecule has 1 fully saturated rings. The second kappa shape index (κ2) is 11.7. The molecule has 0 N–H and O–H groups in total. The standard InChI is InChI=1S/C27H34ClN5O2/c1-4-30-14-16-31(17-15-30)26-25(21(2)29-33(26)24-8-6-5-7-9-24)20-32(18-19-35-3)27(34)22-10-12-23(28)13-11-22/h5-13H,4,14-20H2,1-3H3. The van der Waals surface area contributed by atoms with E-state index >= 15 is 0 Å². The van der Waals surface area contributed by atoms with Gasteiger partial charge in [0.2, 0.25) is 0 Å². The Morgan fingerprint density at radius 2 is 1.74 bits per heavy atom. The van der Waals surface area contributed by atoms with Gasteiger partial charge in [0.15, 0.2) is 0 Å². The fourth-order valence-corrected chi connectivity index (χ4v) is 4.63. The van der Waals surface area contributed by atoms with E-state index in [-0.39, 0.29) is 5.91 Å². The first-order chi connectivity index (χ1) is 17.0. The van der Waals surface area contributed by atoms with Crippen molar-refractivity contribution in [2.45, 2.75) is 20.4 Å². The third kappa shape index (κ3) is 5.86. The summed E-state index contributed by atoms with van der Waals surface area (Å²) >= 11 is 6.05. The van der Waals surface area contributed by atoms with Crippen LogP contribution < -0.4 is 4.90 Å². The van der Waals surface area contributed by atoms with Gasteiger partial charge in [-0.3, -0.25) is 4.79 Å². The molecule has 0 bridgehead atoms. The lowest BCUT2D eigenvalue weighted by molar-refractivity contribution is 0.0680. The molecule has 7 nitrogen and oxygen atoms in total. The van der Waals surface area contributed by atoms with Crippen molar-refractivity contribution < 1.29 is 9.53 Å². The zero-order valence-electron chi connectivity index (χ0n) is 20.8. The van der Waals surface area contributed by atoms with Gasteiger partial charge in [-0.15, -0.1) is 0 Å². The first kappa shape index (κ1) is 25.2. The number of amides is 1. The van der Waals surface area contributed by atoms with Crippen LogP contribution in [0.15, 0.2) is 54.6 Å². The van der Waals surface area contributed by atoms with Crippen LogP contribution in [0.4, 0.5) is 5.82 Å². The SMILES string of the molecule is CCN1CCN(c2c(CN(CCOC)C(=O)c3ccc(Cl)cc3)c(C)nn2-c2ccccc2)CC1. The van der Waals surface area contributed by atoms with Gasteiger partial charge in [-0.1, -0.05) is 36.7 Å². The molecule has 1 amide bonds. The quantitative estimate of drug-likeness (QED) is 0.444. The molecule has 1 aromatic heterocycles. The average molecular weight is 496 g/mol. The van der Waals surface area contributed by atoms with Crippen LogP contribution in [-0.4, -0.2) is 78.5 Å². The van der Waals surface area contributed by atoms with Crippen LogP contribution >= 0.6 is 11.6 Å². The molecular weight excluding hydrogens is 462 g/mol. The van der Waals surface area contributed by atoms with Crippen LogP contribution in [0.3, 0.4) is 0 Å². The molecule has 1 aliphatic heterocycles. The largest absolute Gasteiger partial charge is 0.383 e. The molecule has 2 aromatic carbocycles. The van der Waals surface area contributed by atoms with Crippen molar-refractivity contribution in [1.82, 2.24) is 19.6 Å². The number of ether oxygens (including phenoxy) is 1. The van der Waals surface area contributed by atoms with Gasteiger partial charge in [0.25, 0.3) is 5.91 Å². The molecule has 1 aliphatic rings. The number of anilines is 1. The van der Waals surface area contributed by atoms with E-state index in [9.17, 15) is 4.79 Å². The number of para-hydroxylation sites is 1. The van der Waals surface area contributed by atoms with Gasteiger partial charge < -0.3 is 19.4 Å². The van der Waals surface area contributed by atoms with Gasteiger partial charge in [-0.2, -0.15) is 5.10 Å². The van der Waals surface area contributed by atoms with Gasteiger partial charge in [-0.05, 0) is 49.9 Å². The highest BCUT2D eigenvalue weighted by atomic mass is 35.5. The van der Waals surface area contributed by atoms with E-state index in [2.05, 4.69) is 28.9 Å². The summed E-state index contributed by atoms with van der Waals surface area (Å²) in [6.45, 7) is 10.5. The molecule has 0 radical (unpaired) electrons. The fourth-order valence-electron chi connectivity index (χ4n) is 4.50. The monoisotopic (exact) mass is 495 g/mol. The maximum absolute atomic E-state index is 13.5. The van der Waals surface area contributed by atoms with Crippen LogP contribution in [0.25, 0.3) is 5.69 Å². The summed E-state index contributed by atoms with van der Waals surface area (Å²) in [5.41, 5.74) is 3.62. The Morgan fingerprint density at radius 3 is 2.37 bits per heavy atom. The zero-order chi connectivity index (χ0) is 24.8. The second-order valence-electron chi connectivity index (χ2n) is 8.78. The van der Waals surface area contributed by atoms with Gasteiger partial charge in [0.1, 0.15) is 5.82 Å². The van der Waals surface area contributed by atoms with Crippen LogP contribution in [0.5, 0.6) is 0 Å². The number of carbonyl (C=O) groups excluding carboxylic acids is 1. The Bertz CT molecular complexity index is 1110. The number of halogens is 1. The number of hydrogen-bond acceptors (Lipinski definition) is 5. The zero-order valence-corrected chi connectivity index (χ0v) is 21.5. The Morgan fingerprint density at radius 1 is 1.06 bits per heavy atom. The lowest BCUT2D eigenvalue weighted by Crippen LogP contribution is -2.47. The maximum atomic E-state index is 13.5. The van der Waals surface area contributed by atoms with Gasteiger partial charge in [0.05, 0.1) is 24.5 Å². The molecule has 0 atom stereocenters. The summed E-state index contributed by atoms with van der Waals surface area (Å²) in [6.07, 6.45) is 0. The molecule has 4 rings (SSSR count). The van der Waals surface area contributed by atoms with E-state index in [0.29, 0.717) is 30.3 Å². The molecule has 1 saturated heterocycles. The van der Waals surface area contributed by atoms with E-state index in [1.165, 1.54) is 0 Å². The second-order valence-corrected chi connectivity index (χ2v) is 9.22. The molecule has 0 aliphatic carbocycles. The van der Waals surface area contributed by atoms with E-state index in [1.54, 1.807) is 31.4 Å². The molecular formula is C27H34ClN5O2. The van der Waals surface area contributed by atoms with Crippen molar-refractivity contribution >= 4 is 23.3 Å². The molecule has 35 heavy (non-hydrogen) atoms. The first-order valence-corrected chi connectivity index (χ1v) is 12.5. The number of likely N-dealkylation sites (N-methyl/N-ethyl adjacent to an activating group) is 1. The number of nitrogens with zero attached hydrogens (tertiary/aromatic N) is 5. The molecule has 0 saturated carbocycles. The third-order valence-corrected chi connectivity index (χ3v) is 6.82. The normalized spacial score (nSPS) is 14.3. The van der Waals surface area contributed by atoms with Crippen molar-refractivity contribution in [1.29, 1.82) is 0 Å². The van der Waals surface area contributed by atoms with Crippen molar-refractivity contribution in [3.05, 3.63) is 76.4 Å². The van der Waals surface area contributed by atoms with Crippen LogP contribution in [0, 0.1) is 6.92 Å². The highest BCUT2D eigenvalue weighted by Gasteiger charge is 2.27. The number of hydrogen-bond donors (Lipinski definition) is 0. The Hall–Kier alpha value is -2.87. The molecule has 8 heteroatoms. The summed E-state index contributed by atoms with van der Waals surface area (Å²) in [6, 6.07) is 17.3. The summed E-state index contributed by atoms with van der Waals surface area (Å²) in [4.78, 5) is 20.2. The van der Waals surface area contributed by atoms with Crippen molar-refractivity contribution in [3.63, 3.8) is 0 Å². The Kier molecular flexibility index (Phi) is 8.44. The number of piperazine rings is 1. The predicted molar refractivity (Wildman–Crippen MR) is 141 cm³/mol. The van der Waals surface area contributed by atoms with Crippen molar-refractivity contribution in [2.24, 2.45) is 0 Å². The van der Waals surface area contributed by atoms with Crippen LogP contribution in [0.1, 0.15) is 28.5 Å². The van der Waals surface area contributed by atoms with Gasteiger partial charge >= 0.3 is 0 Å². The van der Waals surface area contributed by atoms with E-state index < -0.39 is 0 Å². The number of aryl methyl sites for hydroxylation is 1. The molecule has 186 valence electrons. The fraction of sp³-hybridized carbons (Fsp3) is 0.407. The van der Waals surface area contributed by atoms with Gasteiger partial charge in [0, 0.05) is 56.0 Å². The third-order valence-electron chi connectivity index (χ3n) is 6.57. The average Bonchev–Trinajstić information content (AvgIpc) is 3.22. The minimum Gasteiger partial charge on any atom is -0.383 e. The topological polar surface area (TPSA) is 53.8 Å². The summed E-state index contributed by atoms with van der Waals surface area (Å²) in [5.74, 6) is 1.02. The Balaban J connectivity index is 1.71. The highest BCUT2D eigenvalue weighted by molar-refractivity contribution is 6.30. The smallest absolute Gasteiger partial charge is 0.254 e. The lowest BCUT2D eigenvalue weighted by atomic mass is 10.1. The summed E-state index contributed by atoms with van der Waals surface area (Å²) in [5, 5.41) is 5.56. The molecule has 0 spiro atoms. The number of benzene rings is 2. The molecule has 3 aromatic rings. The molecule has 2 heterocycles. The van der Waals surface area contributed by atoms with Crippen LogP contribution in [-0.2, 0) is 11.3 Å². The summed E-state index contributed by atoms with van der Waals surface area (Å²) in [7, 11) is 1.66.